The van der Waals surface area contributed by atoms with Crippen LogP contribution in [0.3, 0.4) is 0 Å². The minimum Gasteiger partial charge on any atom is -0.361 e. The number of carbonyl (C=O) groups excluding carboxylic acids is 2. The molecule has 0 aromatic carbocycles. The molecule has 0 bridgehead atoms. The molecule has 2 aliphatic heterocycles. The zero-order valence-corrected chi connectivity index (χ0v) is 20.0. The number of carbonyl (C=O) groups is 2. The summed E-state index contributed by atoms with van der Waals surface area (Å²) in [6.07, 6.45) is 0.620. The Morgan fingerprint density at radius 3 is 2.61 bits per heavy atom. The number of amides is 2. The predicted molar refractivity (Wildman–Crippen MR) is 115 cm³/mol. The van der Waals surface area contributed by atoms with E-state index >= 15 is 0 Å². The van der Waals surface area contributed by atoms with Gasteiger partial charge in [-0.1, -0.05) is 0 Å². The number of sulfonamides is 1. The highest BCUT2D eigenvalue weighted by Crippen LogP contribution is 2.36. The van der Waals surface area contributed by atoms with Gasteiger partial charge in [0, 0.05) is 39.4 Å². The highest BCUT2D eigenvalue weighted by molar-refractivity contribution is 7.89. The Hall–Kier alpha value is -1.98. The van der Waals surface area contributed by atoms with E-state index in [-0.39, 0.29) is 25.6 Å². The van der Waals surface area contributed by atoms with Gasteiger partial charge in [0.2, 0.25) is 15.9 Å². The van der Waals surface area contributed by atoms with Gasteiger partial charge in [-0.25, -0.2) is 8.42 Å². The van der Waals surface area contributed by atoms with Crippen molar-refractivity contribution in [2.24, 2.45) is 13.0 Å². The molecule has 2 amide bonds. The van der Waals surface area contributed by atoms with Crippen LogP contribution in [0.5, 0.6) is 0 Å². The van der Waals surface area contributed by atoms with Gasteiger partial charge in [0.1, 0.15) is 0 Å². The molecule has 2 atom stereocenters. The van der Waals surface area contributed by atoms with Crippen LogP contribution in [0.25, 0.3) is 0 Å². The molecule has 0 unspecified atom stereocenters. The molecule has 2 fully saturated rings. The van der Waals surface area contributed by atoms with Gasteiger partial charge in [0.25, 0.3) is 5.91 Å². The van der Waals surface area contributed by atoms with E-state index in [1.807, 2.05) is 25.6 Å². The van der Waals surface area contributed by atoms with Crippen LogP contribution in [0.4, 0.5) is 0 Å². The Balaban J connectivity index is 1.83. The van der Waals surface area contributed by atoms with E-state index in [9.17, 15) is 18.0 Å². The van der Waals surface area contributed by atoms with Crippen LogP contribution >= 0.6 is 0 Å². The Kier molecular flexibility index (Phi) is 6.50. The lowest BCUT2D eigenvalue weighted by Gasteiger charge is -2.37. The summed E-state index contributed by atoms with van der Waals surface area (Å²) in [4.78, 5) is 27.8. The summed E-state index contributed by atoms with van der Waals surface area (Å²) in [5.74, 6) is -1.62. The fourth-order valence-electron chi connectivity index (χ4n) is 4.38. The first-order chi connectivity index (χ1) is 14.4. The fourth-order valence-corrected chi connectivity index (χ4v) is 5.71. The van der Waals surface area contributed by atoms with Crippen LogP contribution in [-0.2, 0) is 37.8 Å². The molecule has 174 valence electrons. The summed E-state index contributed by atoms with van der Waals surface area (Å²) in [6, 6.07) is 0. The second-order valence-electron chi connectivity index (χ2n) is 8.72. The van der Waals surface area contributed by atoms with Crippen molar-refractivity contribution in [1.82, 2.24) is 24.3 Å². The lowest BCUT2D eigenvalue weighted by molar-refractivity contribution is -0.166. The van der Waals surface area contributed by atoms with Crippen molar-refractivity contribution in [3.63, 3.8) is 0 Å². The Morgan fingerprint density at radius 2 is 2.06 bits per heavy atom. The molecule has 1 N–H and O–H groups in total. The maximum absolute atomic E-state index is 13.4. The minimum atomic E-state index is -3.64. The standard InChI is InChI=1S/C20H33N5O5S/c1-13(2)31(28,29)25-11-17(20(12-25)19(27)21-8-10-30-20)18(26)23(5)9-7-16-14(3)22-24(6)15(16)4/h13,17H,7-12H2,1-6H3,(H,21,27)/t17-,20-/m1/s1. The van der Waals surface area contributed by atoms with Gasteiger partial charge in [-0.2, -0.15) is 9.40 Å². The van der Waals surface area contributed by atoms with E-state index in [2.05, 4.69) is 10.4 Å². The number of aromatic nitrogens is 2. The number of nitrogens with zero attached hydrogens (tertiary/aromatic N) is 4. The highest BCUT2D eigenvalue weighted by atomic mass is 32.2. The Morgan fingerprint density at radius 1 is 1.39 bits per heavy atom. The summed E-state index contributed by atoms with van der Waals surface area (Å²) >= 11 is 0. The average molecular weight is 456 g/mol. The van der Waals surface area contributed by atoms with Gasteiger partial charge in [-0.3, -0.25) is 14.3 Å². The monoisotopic (exact) mass is 455 g/mol. The van der Waals surface area contributed by atoms with E-state index in [0.717, 1.165) is 17.0 Å². The van der Waals surface area contributed by atoms with Crippen molar-refractivity contribution in [3.8, 4) is 0 Å². The van der Waals surface area contributed by atoms with Gasteiger partial charge in [0.15, 0.2) is 5.60 Å². The van der Waals surface area contributed by atoms with Crippen molar-refractivity contribution >= 4 is 21.8 Å². The third-order valence-electron chi connectivity index (χ3n) is 6.48. The predicted octanol–water partition coefficient (Wildman–Crippen LogP) is -0.407. The zero-order valence-electron chi connectivity index (χ0n) is 19.1. The Bertz CT molecular complexity index is 973. The van der Waals surface area contributed by atoms with Gasteiger partial charge in [-0.05, 0) is 39.7 Å². The molecular weight excluding hydrogens is 422 g/mol. The van der Waals surface area contributed by atoms with Crippen molar-refractivity contribution in [2.45, 2.75) is 45.0 Å². The molecular formula is C20H33N5O5S. The van der Waals surface area contributed by atoms with E-state index in [1.165, 1.54) is 4.31 Å². The van der Waals surface area contributed by atoms with E-state index in [0.29, 0.717) is 19.5 Å². The lowest BCUT2D eigenvalue weighted by atomic mass is 9.87. The second kappa shape index (κ2) is 8.51. The quantitative estimate of drug-likeness (QED) is 0.624. The van der Waals surface area contributed by atoms with Crippen molar-refractivity contribution in [2.75, 3.05) is 39.8 Å². The molecule has 31 heavy (non-hydrogen) atoms. The average Bonchev–Trinajstić information content (AvgIpc) is 3.20. The first-order valence-corrected chi connectivity index (χ1v) is 12.1. The number of morpholine rings is 1. The van der Waals surface area contributed by atoms with Crippen LogP contribution in [0.2, 0.25) is 0 Å². The molecule has 3 rings (SSSR count). The summed E-state index contributed by atoms with van der Waals surface area (Å²) in [5.41, 5.74) is 1.55. The third-order valence-corrected chi connectivity index (χ3v) is 8.67. The summed E-state index contributed by atoms with van der Waals surface area (Å²) in [7, 11) is -0.0810. The number of ether oxygens (including phenoxy) is 1. The lowest BCUT2D eigenvalue weighted by Crippen LogP contribution is -2.62. The van der Waals surface area contributed by atoms with E-state index < -0.39 is 32.7 Å². The summed E-state index contributed by atoms with van der Waals surface area (Å²) < 4.78 is 34.5. The molecule has 1 aromatic heterocycles. The van der Waals surface area contributed by atoms with Crippen LogP contribution < -0.4 is 5.32 Å². The van der Waals surface area contributed by atoms with Crippen LogP contribution in [-0.4, -0.2) is 89.9 Å². The number of nitrogens with one attached hydrogen (secondary N) is 1. The number of rotatable bonds is 6. The van der Waals surface area contributed by atoms with Crippen molar-refractivity contribution in [3.05, 3.63) is 17.0 Å². The minimum absolute atomic E-state index is 0.0674. The molecule has 1 aromatic rings. The smallest absolute Gasteiger partial charge is 0.254 e. The molecule has 0 saturated carbocycles. The summed E-state index contributed by atoms with van der Waals surface area (Å²) in [5, 5.41) is 6.50. The van der Waals surface area contributed by atoms with Gasteiger partial charge < -0.3 is 15.0 Å². The molecule has 11 heteroatoms. The molecule has 1 spiro atoms. The molecule has 0 aliphatic carbocycles. The second-order valence-corrected chi connectivity index (χ2v) is 11.2. The van der Waals surface area contributed by atoms with Crippen molar-refractivity contribution in [1.29, 1.82) is 0 Å². The number of likely N-dealkylation sites (N-methyl/N-ethyl adjacent to an activating group) is 1. The first-order valence-electron chi connectivity index (χ1n) is 10.6. The van der Waals surface area contributed by atoms with Crippen LogP contribution in [0.1, 0.15) is 30.8 Å². The largest absolute Gasteiger partial charge is 0.361 e. The normalized spacial score (nSPS) is 24.7. The fraction of sp³-hybridized carbons (Fsp3) is 0.750. The maximum atomic E-state index is 13.4. The Labute approximate surface area is 183 Å². The van der Waals surface area contributed by atoms with Gasteiger partial charge in [0.05, 0.1) is 30.0 Å². The number of aryl methyl sites for hydroxylation is 2. The molecule has 0 radical (unpaired) electrons. The summed E-state index contributed by atoms with van der Waals surface area (Å²) in [6.45, 7) is 7.89. The van der Waals surface area contributed by atoms with Crippen LogP contribution in [0, 0.1) is 19.8 Å². The van der Waals surface area contributed by atoms with Gasteiger partial charge >= 0.3 is 0 Å². The van der Waals surface area contributed by atoms with Crippen LogP contribution in [0.15, 0.2) is 0 Å². The number of hydrogen-bond acceptors (Lipinski definition) is 6. The first kappa shape index (κ1) is 23.7. The molecule has 2 aliphatic rings. The SMILES string of the molecule is Cc1nn(C)c(C)c1CCN(C)C(=O)[C@H]1CN(S(=O)(=O)C(C)C)C[C@@]12OCCNC2=O. The van der Waals surface area contributed by atoms with Crippen molar-refractivity contribution < 1.29 is 22.7 Å². The molecule has 2 saturated heterocycles. The van der Waals surface area contributed by atoms with Gasteiger partial charge in [-0.15, -0.1) is 0 Å². The molecule has 3 heterocycles. The third kappa shape index (κ3) is 4.10. The topological polar surface area (TPSA) is 114 Å². The number of hydrogen-bond donors (Lipinski definition) is 1. The highest BCUT2D eigenvalue weighted by Gasteiger charge is 2.60. The van der Waals surface area contributed by atoms with E-state index in [4.69, 9.17) is 4.74 Å². The molecule has 10 nitrogen and oxygen atoms in total. The maximum Gasteiger partial charge on any atom is 0.254 e. The zero-order chi connectivity index (χ0) is 23.1. The van der Waals surface area contributed by atoms with E-state index in [1.54, 1.807) is 25.8 Å².